The van der Waals surface area contributed by atoms with Gasteiger partial charge in [-0.3, -0.25) is 4.79 Å². The Hall–Kier alpha value is -0.650. The molecule has 0 rings (SSSR count). The van der Waals surface area contributed by atoms with E-state index in [4.69, 9.17) is 11.5 Å². The van der Waals surface area contributed by atoms with Crippen LogP contribution in [0.1, 0.15) is 0 Å². The van der Waals surface area contributed by atoms with Crippen molar-refractivity contribution in [2.45, 2.75) is 6.04 Å². The third-order valence-corrected chi connectivity index (χ3v) is 0.641. The average molecular weight is 119 g/mol. The highest BCUT2D eigenvalue weighted by Gasteiger charge is 2.06. The van der Waals surface area contributed by atoms with Gasteiger partial charge in [-0.15, -0.1) is 0 Å². The number of amides is 1. The van der Waals surface area contributed by atoms with Gasteiger partial charge in [0.1, 0.15) is 6.04 Å². The molecule has 1 unspecified atom stereocenters. The lowest BCUT2D eigenvalue weighted by Crippen LogP contribution is -2.40. The van der Waals surface area contributed by atoms with Crippen LogP contribution in [0.2, 0.25) is 0 Å². The lowest BCUT2D eigenvalue weighted by Gasteiger charge is -2.02. The molecule has 0 aromatic heterocycles. The van der Waals surface area contributed by atoms with Gasteiger partial charge in [0.2, 0.25) is 5.91 Å². The van der Waals surface area contributed by atoms with Crippen LogP contribution in [0.3, 0.4) is 0 Å². The van der Waals surface area contributed by atoms with Crippen molar-refractivity contribution in [3.63, 3.8) is 0 Å². The van der Waals surface area contributed by atoms with E-state index in [2.05, 4.69) is 10.7 Å². The molecule has 5 nitrogen and oxygen atoms in total. The summed E-state index contributed by atoms with van der Waals surface area (Å²) in [7, 11) is 0. The third kappa shape index (κ3) is 2.51. The number of hydrogen-bond donors (Lipinski definition) is 3. The second kappa shape index (κ2) is 3.36. The molecule has 0 aliphatic heterocycles. The summed E-state index contributed by atoms with van der Waals surface area (Å²) in [4.78, 5) is 14.1. The van der Waals surface area contributed by atoms with Crippen LogP contribution in [0.25, 0.3) is 0 Å². The van der Waals surface area contributed by atoms with Gasteiger partial charge in [0, 0.05) is 0 Å². The minimum atomic E-state index is -0.792. The minimum absolute atomic E-state index is 0.0324. The van der Waals surface area contributed by atoms with Gasteiger partial charge in [-0.25, -0.2) is 5.90 Å². The normalized spacial score (nSPS) is 13.2. The lowest BCUT2D eigenvalue weighted by atomic mass is 10.3. The van der Waals surface area contributed by atoms with Gasteiger partial charge in [0.25, 0.3) is 0 Å². The number of nitrogens with two attached hydrogens (primary N) is 3. The second-order valence-electron chi connectivity index (χ2n) is 1.34. The molecule has 5 heteroatoms. The molecule has 48 valence electrons. The van der Waals surface area contributed by atoms with Crippen molar-refractivity contribution in [1.82, 2.24) is 0 Å². The molecule has 0 aliphatic carbocycles. The fraction of sp³-hybridized carbons (Fsp3) is 0.667. The molecule has 1 amide bonds. The molecule has 0 radical (unpaired) electrons. The van der Waals surface area contributed by atoms with Crippen molar-refractivity contribution in [2.75, 3.05) is 6.61 Å². The maximum Gasteiger partial charge on any atom is 0.236 e. The van der Waals surface area contributed by atoms with Gasteiger partial charge in [0.15, 0.2) is 0 Å². The predicted octanol–water partition coefficient (Wildman–Crippen LogP) is -2.31. The molecular formula is C3H9N3O2. The molecule has 8 heavy (non-hydrogen) atoms. The van der Waals surface area contributed by atoms with Crippen molar-refractivity contribution in [2.24, 2.45) is 17.4 Å². The van der Waals surface area contributed by atoms with E-state index in [0.717, 1.165) is 0 Å². The summed E-state index contributed by atoms with van der Waals surface area (Å²) in [5, 5.41) is 0. The highest BCUT2D eigenvalue weighted by Crippen LogP contribution is 1.72. The van der Waals surface area contributed by atoms with Gasteiger partial charge < -0.3 is 16.3 Å². The highest BCUT2D eigenvalue weighted by atomic mass is 16.6. The van der Waals surface area contributed by atoms with Gasteiger partial charge in [-0.2, -0.15) is 0 Å². The van der Waals surface area contributed by atoms with E-state index < -0.39 is 11.9 Å². The van der Waals surface area contributed by atoms with Crippen LogP contribution in [0.15, 0.2) is 0 Å². The molecule has 0 aromatic carbocycles. The van der Waals surface area contributed by atoms with Gasteiger partial charge in [0.05, 0.1) is 6.61 Å². The zero-order valence-electron chi connectivity index (χ0n) is 4.33. The maximum absolute atomic E-state index is 10.1. The zero-order valence-corrected chi connectivity index (χ0v) is 4.33. The van der Waals surface area contributed by atoms with Gasteiger partial charge in [-0.1, -0.05) is 0 Å². The van der Waals surface area contributed by atoms with Crippen LogP contribution < -0.4 is 17.4 Å². The standard InChI is InChI=1S/C3H9N3O2/c4-2(1-8-6)3(5)7/h2H,1,4,6H2,(H2,5,7). The molecular weight excluding hydrogens is 110 g/mol. The summed E-state index contributed by atoms with van der Waals surface area (Å²) >= 11 is 0. The topological polar surface area (TPSA) is 104 Å². The van der Waals surface area contributed by atoms with E-state index >= 15 is 0 Å². The van der Waals surface area contributed by atoms with E-state index in [9.17, 15) is 4.79 Å². The fourth-order valence-electron chi connectivity index (χ4n) is 0.186. The van der Waals surface area contributed by atoms with Crippen LogP contribution in [0.4, 0.5) is 0 Å². The maximum atomic E-state index is 10.1. The Morgan fingerprint density at radius 1 is 1.75 bits per heavy atom. The van der Waals surface area contributed by atoms with E-state index in [1.807, 2.05) is 0 Å². The number of carbonyl (C=O) groups is 1. The summed E-state index contributed by atoms with van der Waals surface area (Å²) in [5.41, 5.74) is 9.77. The highest BCUT2D eigenvalue weighted by molar-refractivity contribution is 5.79. The smallest absolute Gasteiger partial charge is 0.236 e. The van der Waals surface area contributed by atoms with E-state index in [-0.39, 0.29) is 6.61 Å². The van der Waals surface area contributed by atoms with Crippen molar-refractivity contribution in [1.29, 1.82) is 0 Å². The summed E-state index contributed by atoms with van der Waals surface area (Å²) in [6.45, 7) is -0.0324. The van der Waals surface area contributed by atoms with Crippen LogP contribution >= 0.6 is 0 Å². The summed E-state index contributed by atoms with van der Waals surface area (Å²) in [5.74, 6) is 3.96. The molecule has 0 heterocycles. The molecule has 0 saturated heterocycles. The van der Waals surface area contributed by atoms with Crippen LogP contribution in [-0.4, -0.2) is 18.6 Å². The first-order chi connectivity index (χ1) is 3.68. The van der Waals surface area contributed by atoms with E-state index in [1.165, 1.54) is 0 Å². The summed E-state index contributed by atoms with van der Waals surface area (Å²) in [6.07, 6.45) is 0. The van der Waals surface area contributed by atoms with Crippen LogP contribution in [0.5, 0.6) is 0 Å². The number of hydrogen-bond acceptors (Lipinski definition) is 4. The average Bonchev–Trinajstić information content (AvgIpc) is 1.67. The van der Waals surface area contributed by atoms with Crippen molar-refractivity contribution < 1.29 is 9.63 Å². The van der Waals surface area contributed by atoms with Gasteiger partial charge >= 0.3 is 0 Å². The molecule has 0 fully saturated rings. The molecule has 0 aromatic rings. The molecule has 6 N–H and O–H groups in total. The fourth-order valence-corrected chi connectivity index (χ4v) is 0.186. The Kier molecular flexibility index (Phi) is 3.09. The Morgan fingerprint density at radius 2 is 2.25 bits per heavy atom. The molecule has 0 saturated carbocycles. The quantitative estimate of drug-likeness (QED) is 0.363. The zero-order chi connectivity index (χ0) is 6.57. The first kappa shape index (κ1) is 7.35. The minimum Gasteiger partial charge on any atom is -0.368 e. The van der Waals surface area contributed by atoms with Gasteiger partial charge in [-0.05, 0) is 0 Å². The number of primary amides is 1. The largest absolute Gasteiger partial charge is 0.368 e. The molecule has 1 atom stereocenters. The first-order valence-corrected chi connectivity index (χ1v) is 2.05. The Balaban J connectivity index is 3.32. The predicted molar refractivity (Wildman–Crippen MR) is 27.3 cm³/mol. The van der Waals surface area contributed by atoms with E-state index in [0.29, 0.717) is 0 Å². The van der Waals surface area contributed by atoms with Crippen molar-refractivity contribution in [3.05, 3.63) is 0 Å². The Labute approximate surface area is 46.7 Å². The molecule has 0 bridgehead atoms. The van der Waals surface area contributed by atoms with Crippen LogP contribution in [-0.2, 0) is 9.63 Å². The first-order valence-electron chi connectivity index (χ1n) is 2.05. The SMILES string of the molecule is NOCC(N)C(N)=O. The monoisotopic (exact) mass is 119 g/mol. The van der Waals surface area contributed by atoms with Crippen molar-refractivity contribution in [3.8, 4) is 0 Å². The molecule has 0 aliphatic rings. The number of rotatable bonds is 3. The van der Waals surface area contributed by atoms with Crippen LogP contribution in [0, 0.1) is 0 Å². The third-order valence-electron chi connectivity index (χ3n) is 0.641. The lowest BCUT2D eigenvalue weighted by molar-refractivity contribution is -0.120. The summed E-state index contributed by atoms with van der Waals surface area (Å²) < 4.78 is 0. The molecule has 0 spiro atoms. The Morgan fingerprint density at radius 3 is 2.38 bits per heavy atom. The summed E-state index contributed by atoms with van der Waals surface area (Å²) in [6, 6.07) is -0.792. The Bertz CT molecular complexity index is 84.6. The number of carbonyl (C=O) groups excluding carboxylic acids is 1. The second-order valence-corrected chi connectivity index (χ2v) is 1.34. The van der Waals surface area contributed by atoms with Crippen molar-refractivity contribution >= 4 is 5.91 Å². The van der Waals surface area contributed by atoms with E-state index in [1.54, 1.807) is 0 Å².